The molecule has 2 rings (SSSR count). The summed E-state index contributed by atoms with van der Waals surface area (Å²) < 4.78 is 29.0. The molecule has 0 fully saturated rings. The number of hydrogen-bond acceptors (Lipinski definition) is 4. The lowest BCUT2D eigenvalue weighted by Crippen LogP contribution is -2.31. The molecule has 0 bridgehead atoms. The lowest BCUT2D eigenvalue weighted by molar-refractivity contribution is 0.259. The minimum absolute atomic E-state index is 0.0393. The van der Waals surface area contributed by atoms with Crippen LogP contribution in [0.1, 0.15) is 25.5 Å². The molecule has 1 heterocycles. The van der Waals surface area contributed by atoms with Gasteiger partial charge >= 0.3 is 0 Å². The maximum Gasteiger partial charge on any atom is 0.260 e. The Kier molecular flexibility index (Phi) is 5.33. The van der Waals surface area contributed by atoms with Gasteiger partial charge in [0.25, 0.3) is 10.0 Å². The number of sulfonamides is 1. The Morgan fingerprint density at radius 3 is 2.55 bits per heavy atom. The summed E-state index contributed by atoms with van der Waals surface area (Å²) in [4.78, 5) is 3.95. The van der Waals surface area contributed by atoms with Gasteiger partial charge in [-0.15, -0.1) is 0 Å². The van der Waals surface area contributed by atoms with E-state index in [0.717, 1.165) is 0 Å². The highest BCUT2D eigenvalue weighted by molar-refractivity contribution is 7.89. The number of aromatic nitrogens is 2. The molecular weight excluding hydrogens is 302 g/mol. The number of imidazole rings is 1. The van der Waals surface area contributed by atoms with E-state index in [9.17, 15) is 13.5 Å². The molecule has 1 aromatic heterocycles. The zero-order valence-corrected chi connectivity index (χ0v) is 13.5. The monoisotopic (exact) mass is 323 g/mol. The van der Waals surface area contributed by atoms with E-state index in [2.05, 4.69) is 9.71 Å². The number of aliphatic hydroxyl groups is 1. The van der Waals surface area contributed by atoms with Crippen LogP contribution < -0.4 is 4.72 Å². The minimum atomic E-state index is -3.78. The predicted octanol–water partition coefficient (Wildman–Crippen LogP) is 1.55. The van der Waals surface area contributed by atoms with Gasteiger partial charge in [0, 0.05) is 12.7 Å². The smallest absolute Gasteiger partial charge is 0.260 e. The molecule has 0 spiro atoms. The van der Waals surface area contributed by atoms with E-state index < -0.39 is 16.1 Å². The van der Waals surface area contributed by atoms with E-state index in [-0.39, 0.29) is 11.6 Å². The summed E-state index contributed by atoms with van der Waals surface area (Å²) in [6.45, 7) is 4.47. The molecule has 0 saturated carbocycles. The second-order valence-corrected chi connectivity index (χ2v) is 7.23. The Labute approximate surface area is 130 Å². The summed E-state index contributed by atoms with van der Waals surface area (Å²) in [7, 11) is -3.78. The highest BCUT2D eigenvalue weighted by Gasteiger charge is 2.23. The number of aliphatic hydroxyl groups excluding tert-OH is 1. The van der Waals surface area contributed by atoms with E-state index in [0.29, 0.717) is 18.0 Å². The van der Waals surface area contributed by atoms with Crippen LogP contribution in [0.25, 0.3) is 0 Å². The highest BCUT2D eigenvalue weighted by Crippen LogP contribution is 2.16. The third-order valence-electron chi connectivity index (χ3n) is 3.14. The van der Waals surface area contributed by atoms with Gasteiger partial charge in [-0.3, -0.25) is 0 Å². The largest absolute Gasteiger partial charge is 0.394 e. The highest BCUT2D eigenvalue weighted by atomic mass is 32.2. The zero-order chi connectivity index (χ0) is 16.2. The maximum absolute atomic E-state index is 12.4. The van der Waals surface area contributed by atoms with Crippen molar-refractivity contribution >= 4 is 10.0 Å². The number of hydrogen-bond donors (Lipinski definition) is 2. The van der Waals surface area contributed by atoms with E-state index in [1.165, 1.54) is 12.5 Å². The van der Waals surface area contributed by atoms with Gasteiger partial charge in [-0.25, -0.2) is 13.4 Å². The first-order valence-corrected chi connectivity index (χ1v) is 8.60. The molecular formula is C15H21N3O3S. The van der Waals surface area contributed by atoms with Crippen LogP contribution in [0.3, 0.4) is 0 Å². The van der Waals surface area contributed by atoms with Gasteiger partial charge in [0.05, 0.1) is 19.0 Å². The molecule has 1 atom stereocenters. The second kappa shape index (κ2) is 7.04. The number of nitrogens with zero attached hydrogens (tertiary/aromatic N) is 2. The fourth-order valence-electron chi connectivity index (χ4n) is 2.14. The number of rotatable bonds is 7. The number of nitrogens with one attached hydrogen (secondary N) is 1. The van der Waals surface area contributed by atoms with Gasteiger partial charge in [0.1, 0.15) is 0 Å². The lowest BCUT2D eigenvalue weighted by atomic mass is 10.1. The standard InChI is InChI=1S/C15H21N3O3S/c1-12(2)8-18-9-15(16-11-18)22(20,21)17-14(10-19)13-6-4-3-5-7-13/h3-7,9,11-12,14,17,19H,8,10H2,1-2H3/t14-/m0/s1. The molecule has 0 aliphatic heterocycles. The Morgan fingerprint density at radius 1 is 1.27 bits per heavy atom. The third kappa shape index (κ3) is 4.16. The van der Waals surface area contributed by atoms with Crippen LogP contribution in [-0.4, -0.2) is 29.7 Å². The van der Waals surface area contributed by atoms with Crippen molar-refractivity contribution in [3.63, 3.8) is 0 Å². The molecule has 0 radical (unpaired) electrons. The fourth-order valence-corrected chi connectivity index (χ4v) is 3.31. The van der Waals surface area contributed by atoms with Crippen LogP contribution in [0.2, 0.25) is 0 Å². The summed E-state index contributed by atoms with van der Waals surface area (Å²) >= 11 is 0. The third-order valence-corrected chi connectivity index (χ3v) is 4.50. The maximum atomic E-state index is 12.4. The Bertz CT molecular complexity index is 696. The number of benzene rings is 1. The average Bonchev–Trinajstić information content (AvgIpc) is 2.94. The van der Waals surface area contributed by atoms with Crippen molar-refractivity contribution in [1.82, 2.24) is 14.3 Å². The van der Waals surface area contributed by atoms with Gasteiger partial charge in [0.15, 0.2) is 5.03 Å². The molecule has 0 unspecified atom stereocenters. The van der Waals surface area contributed by atoms with Crippen molar-refractivity contribution in [1.29, 1.82) is 0 Å². The average molecular weight is 323 g/mol. The van der Waals surface area contributed by atoms with Crippen LogP contribution in [0, 0.1) is 5.92 Å². The molecule has 0 aliphatic carbocycles. The van der Waals surface area contributed by atoms with Gasteiger partial charge in [-0.1, -0.05) is 44.2 Å². The first-order chi connectivity index (χ1) is 10.4. The van der Waals surface area contributed by atoms with E-state index in [4.69, 9.17) is 0 Å². The molecule has 6 nitrogen and oxygen atoms in total. The predicted molar refractivity (Wildman–Crippen MR) is 83.7 cm³/mol. The van der Waals surface area contributed by atoms with Crippen molar-refractivity contribution < 1.29 is 13.5 Å². The van der Waals surface area contributed by atoms with Crippen molar-refractivity contribution in [2.75, 3.05) is 6.61 Å². The molecule has 1 aromatic carbocycles. The fraction of sp³-hybridized carbons (Fsp3) is 0.400. The van der Waals surface area contributed by atoms with Crippen LogP contribution in [0.4, 0.5) is 0 Å². The normalized spacial score (nSPS) is 13.5. The molecule has 2 N–H and O–H groups in total. The Hall–Kier alpha value is -1.70. The summed E-state index contributed by atoms with van der Waals surface area (Å²) in [5, 5.41) is 9.42. The molecule has 0 saturated heterocycles. The molecule has 0 aliphatic rings. The quantitative estimate of drug-likeness (QED) is 0.810. The van der Waals surface area contributed by atoms with E-state index in [1.54, 1.807) is 28.8 Å². The summed E-state index contributed by atoms with van der Waals surface area (Å²) in [6.07, 6.45) is 3.01. The van der Waals surface area contributed by atoms with Crippen molar-refractivity contribution in [2.24, 2.45) is 5.92 Å². The molecule has 120 valence electrons. The van der Waals surface area contributed by atoms with Gasteiger partial charge in [0.2, 0.25) is 0 Å². The summed E-state index contributed by atoms with van der Waals surface area (Å²) in [5.74, 6) is 0.396. The first-order valence-electron chi connectivity index (χ1n) is 7.12. The van der Waals surface area contributed by atoms with Crippen LogP contribution >= 0.6 is 0 Å². The van der Waals surface area contributed by atoms with Crippen LogP contribution in [0.15, 0.2) is 47.9 Å². The van der Waals surface area contributed by atoms with Crippen LogP contribution in [-0.2, 0) is 16.6 Å². The zero-order valence-electron chi connectivity index (χ0n) is 12.7. The first kappa shape index (κ1) is 16.7. The Morgan fingerprint density at radius 2 is 1.95 bits per heavy atom. The van der Waals surface area contributed by atoms with Crippen molar-refractivity contribution in [3.8, 4) is 0 Å². The van der Waals surface area contributed by atoms with E-state index in [1.807, 2.05) is 19.9 Å². The van der Waals surface area contributed by atoms with Crippen LogP contribution in [0.5, 0.6) is 0 Å². The SMILES string of the molecule is CC(C)Cn1cnc(S(=O)(=O)N[C@@H](CO)c2ccccc2)c1. The van der Waals surface area contributed by atoms with Crippen molar-refractivity contribution in [2.45, 2.75) is 31.5 Å². The Balaban J connectivity index is 2.17. The van der Waals surface area contributed by atoms with Gasteiger partial charge < -0.3 is 9.67 Å². The molecule has 2 aromatic rings. The van der Waals surface area contributed by atoms with Gasteiger partial charge in [-0.2, -0.15) is 4.72 Å². The molecule has 22 heavy (non-hydrogen) atoms. The summed E-state index contributed by atoms with van der Waals surface area (Å²) in [6, 6.07) is 8.26. The van der Waals surface area contributed by atoms with Gasteiger partial charge in [-0.05, 0) is 11.5 Å². The van der Waals surface area contributed by atoms with Crippen molar-refractivity contribution in [3.05, 3.63) is 48.4 Å². The summed E-state index contributed by atoms with van der Waals surface area (Å²) in [5.41, 5.74) is 0.704. The minimum Gasteiger partial charge on any atom is -0.394 e. The molecule has 0 amide bonds. The molecule has 7 heteroatoms. The lowest BCUT2D eigenvalue weighted by Gasteiger charge is -2.15. The van der Waals surface area contributed by atoms with E-state index >= 15 is 0 Å². The second-order valence-electron chi connectivity index (χ2n) is 5.57. The topological polar surface area (TPSA) is 84.2 Å².